The molecular formula is C46H29N3O. The van der Waals surface area contributed by atoms with Crippen LogP contribution in [-0.2, 0) is 0 Å². The first kappa shape index (κ1) is 28.4. The summed E-state index contributed by atoms with van der Waals surface area (Å²) in [6, 6.07) is 55.0. The SMILES string of the molecule is Cc1ccc2c(oc3ccccc32)c1-c1ccc(-c2nc(-c3ccc4ccccc4c3)nc(-c3ccc4ccccc4c3)n2)c2ccccc12. The second-order valence-electron chi connectivity index (χ2n) is 12.9. The highest BCUT2D eigenvalue weighted by molar-refractivity contribution is 6.14. The van der Waals surface area contributed by atoms with Crippen LogP contribution in [0.2, 0.25) is 0 Å². The second-order valence-corrected chi connectivity index (χ2v) is 12.9. The molecule has 10 rings (SSSR count). The van der Waals surface area contributed by atoms with Crippen LogP contribution in [-0.4, -0.2) is 15.0 Å². The predicted molar refractivity (Wildman–Crippen MR) is 206 cm³/mol. The van der Waals surface area contributed by atoms with E-state index in [1.807, 2.05) is 12.1 Å². The zero-order valence-electron chi connectivity index (χ0n) is 27.3. The molecule has 0 spiro atoms. The number of hydrogen-bond acceptors (Lipinski definition) is 4. The average Bonchev–Trinajstić information content (AvgIpc) is 3.55. The molecule has 0 aliphatic heterocycles. The molecule has 0 bridgehead atoms. The number of fused-ring (bicyclic) bond motifs is 6. The molecule has 0 fully saturated rings. The number of furan rings is 1. The fourth-order valence-corrected chi connectivity index (χ4v) is 7.35. The maximum Gasteiger partial charge on any atom is 0.164 e. The fourth-order valence-electron chi connectivity index (χ4n) is 7.35. The van der Waals surface area contributed by atoms with Crippen molar-refractivity contribution in [1.82, 2.24) is 15.0 Å². The van der Waals surface area contributed by atoms with Gasteiger partial charge in [0.15, 0.2) is 17.5 Å². The summed E-state index contributed by atoms with van der Waals surface area (Å²) in [5.74, 6) is 1.91. The van der Waals surface area contributed by atoms with Gasteiger partial charge in [0.1, 0.15) is 11.2 Å². The van der Waals surface area contributed by atoms with Crippen LogP contribution in [0.1, 0.15) is 5.56 Å². The summed E-state index contributed by atoms with van der Waals surface area (Å²) >= 11 is 0. The first-order valence-corrected chi connectivity index (χ1v) is 16.9. The van der Waals surface area contributed by atoms with Gasteiger partial charge in [-0.1, -0.05) is 133 Å². The molecule has 234 valence electrons. The molecule has 10 aromatic rings. The highest BCUT2D eigenvalue weighted by Crippen LogP contribution is 2.42. The van der Waals surface area contributed by atoms with Crippen LogP contribution in [0.4, 0.5) is 0 Å². The lowest BCUT2D eigenvalue weighted by Crippen LogP contribution is -2.01. The number of aryl methyl sites for hydroxylation is 1. The molecule has 8 aromatic carbocycles. The minimum absolute atomic E-state index is 0.632. The quantitative estimate of drug-likeness (QED) is 0.192. The van der Waals surface area contributed by atoms with Gasteiger partial charge in [0.2, 0.25) is 0 Å². The van der Waals surface area contributed by atoms with E-state index < -0.39 is 0 Å². The van der Waals surface area contributed by atoms with Crippen LogP contribution in [0.3, 0.4) is 0 Å². The lowest BCUT2D eigenvalue weighted by molar-refractivity contribution is 0.670. The van der Waals surface area contributed by atoms with E-state index in [2.05, 4.69) is 153 Å². The number of aromatic nitrogens is 3. The van der Waals surface area contributed by atoms with Crippen molar-refractivity contribution in [3.05, 3.63) is 163 Å². The van der Waals surface area contributed by atoms with Crippen molar-refractivity contribution in [1.29, 1.82) is 0 Å². The van der Waals surface area contributed by atoms with E-state index in [-0.39, 0.29) is 0 Å². The highest BCUT2D eigenvalue weighted by atomic mass is 16.3. The van der Waals surface area contributed by atoms with Gasteiger partial charge in [0.25, 0.3) is 0 Å². The largest absolute Gasteiger partial charge is 0.455 e. The van der Waals surface area contributed by atoms with Gasteiger partial charge >= 0.3 is 0 Å². The fraction of sp³-hybridized carbons (Fsp3) is 0.0217. The van der Waals surface area contributed by atoms with Crippen LogP contribution >= 0.6 is 0 Å². The molecule has 0 atom stereocenters. The van der Waals surface area contributed by atoms with Crippen LogP contribution in [0, 0.1) is 6.92 Å². The van der Waals surface area contributed by atoms with E-state index in [0.29, 0.717) is 17.5 Å². The topological polar surface area (TPSA) is 51.8 Å². The molecule has 0 amide bonds. The Morgan fingerprint density at radius 1 is 0.400 bits per heavy atom. The monoisotopic (exact) mass is 639 g/mol. The van der Waals surface area contributed by atoms with Crippen LogP contribution in [0.15, 0.2) is 162 Å². The smallest absolute Gasteiger partial charge is 0.164 e. The number of para-hydroxylation sites is 1. The molecule has 0 saturated heterocycles. The molecule has 0 N–H and O–H groups in total. The Labute approximate surface area is 288 Å². The maximum atomic E-state index is 6.54. The Bertz CT molecular complexity index is 2860. The minimum Gasteiger partial charge on any atom is -0.455 e. The van der Waals surface area contributed by atoms with E-state index in [0.717, 1.165) is 76.9 Å². The van der Waals surface area contributed by atoms with E-state index >= 15 is 0 Å². The summed E-state index contributed by atoms with van der Waals surface area (Å²) < 4.78 is 6.54. The van der Waals surface area contributed by atoms with Crippen LogP contribution in [0.25, 0.3) is 99.5 Å². The van der Waals surface area contributed by atoms with Crippen molar-refractivity contribution in [2.75, 3.05) is 0 Å². The van der Waals surface area contributed by atoms with Gasteiger partial charge in [-0.25, -0.2) is 15.0 Å². The van der Waals surface area contributed by atoms with Crippen molar-refractivity contribution in [3.8, 4) is 45.3 Å². The van der Waals surface area contributed by atoms with E-state index in [9.17, 15) is 0 Å². The predicted octanol–water partition coefficient (Wildman–Crippen LogP) is 12.2. The van der Waals surface area contributed by atoms with Crippen molar-refractivity contribution < 1.29 is 4.42 Å². The molecule has 2 aromatic heterocycles. The molecule has 0 saturated carbocycles. The summed E-state index contributed by atoms with van der Waals surface area (Å²) in [4.78, 5) is 15.4. The van der Waals surface area contributed by atoms with Crippen molar-refractivity contribution >= 4 is 54.3 Å². The Balaban J connectivity index is 1.21. The minimum atomic E-state index is 0.632. The average molecular weight is 640 g/mol. The van der Waals surface area contributed by atoms with Gasteiger partial charge in [-0.3, -0.25) is 0 Å². The summed E-state index contributed by atoms with van der Waals surface area (Å²) in [6.45, 7) is 2.16. The van der Waals surface area contributed by atoms with Crippen LogP contribution < -0.4 is 0 Å². The van der Waals surface area contributed by atoms with Gasteiger partial charge in [-0.2, -0.15) is 0 Å². The number of benzene rings is 8. The van der Waals surface area contributed by atoms with Gasteiger partial charge in [0, 0.05) is 33.0 Å². The van der Waals surface area contributed by atoms with E-state index in [1.165, 1.54) is 10.8 Å². The Kier molecular flexibility index (Phi) is 6.36. The van der Waals surface area contributed by atoms with Gasteiger partial charge < -0.3 is 4.42 Å². The molecule has 0 aliphatic carbocycles. The Morgan fingerprint density at radius 2 is 0.920 bits per heavy atom. The van der Waals surface area contributed by atoms with Crippen molar-refractivity contribution in [2.24, 2.45) is 0 Å². The Hall–Kier alpha value is -6.65. The number of rotatable bonds is 4. The molecule has 2 heterocycles. The van der Waals surface area contributed by atoms with E-state index in [1.54, 1.807) is 0 Å². The first-order chi connectivity index (χ1) is 24.7. The zero-order chi connectivity index (χ0) is 33.2. The summed E-state index contributed by atoms with van der Waals surface area (Å²) in [5.41, 5.74) is 8.02. The third-order valence-electron chi connectivity index (χ3n) is 9.84. The normalized spacial score (nSPS) is 11.7. The number of hydrogen-bond donors (Lipinski definition) is 0. The van der Waals surface area contributed by atoms with Crippen LogP contribution in [0.5, 0.6) is 0 Å². The van der Waals surface area contributed by atoms with Gasteiger partial charge in [0.05, 0.1) is 0 Å². The summed E-state index contributed by atoms with van der Waals surface area (Å²) in [7, 11) is 0. The number of nitrogens with zero attached hydrogens (tertiary/aromatic N) is 3. The molecule has 4 heteroatoms. The maximum absolute atomic E-state index is 6.54. The molecule has 0 unspecified atom stereocenters. The second kappa shape index (κ2) is 11.2. The molecule has 0 aliphatic rings. The highest BCUT2D eigenvalue weighted by Gasteiger charge is 2.20. The molecule has 50 heavy (non-hydrogen) atoms. The summed E-state index contributed by atoms with van der Waals surface area (Å²) in [5, 5.41) is 9.06. The molecule has 0 radical (unpaired) electrons. The summed E-state index contributed by atoms with van der Waals surface area (Å²) in [6.07, 6.45) is 0. The van der Waals surface area contributed by atoms with Gasteiger partial charge in [-0.15, -0.1) is 0 Å². The third kappa shape index (κ3) is 4.57. The molecular weight excluding hydrogens is 611 g/mol. The lowest BCUT2D eigenvalue weighted by atomic mass is 9.91. The third-order valence-corrected chi connectivity index (χ3v) is 9.84. The van der Waals surface area contributed by atoms with Crippen molar-refractivity contribution in [2.45, 2.75) is 6.92 Å². The molecule has 4 nitrogen and oxygen atoms in total. The van der Waals surface area contributed by atoms with E-state index in [4.69, 9.17) is 19.4 Å². The first-order valence-electron chi connectivity index (χ1n) is 16.9. The van der Waals surface area contributed by atoms with Crippen molar-refractivity contribution in [3.63, 3.8) is 0 Å². The lowest BCUT2D eigenvalue weighted by Gasteiger charge is -2.15. The standard InChI is InChI=1S/C46H29N3O/c1-28-18-23-39-37-16-8-9-17-41(37)50-43(39)42(28)38-24-25-40(36-15-7-6-14-35(36)38)46-48-44(33-21-19-29-10-2-4-12-31(29)26-33)47-45(49-46)34-22-20-30-11-3-5-13-32(30)27-34/h2-27H,1H3. The van der Waals surface area contributed by atoms with Gasteiger partial charge in [-0.05, 0) is 74.6 Å². The zero-order valence-corrected chi connectivity index (χ0v) is 27.3. The Morgan fingerprint density at radius 3 is 1.58 bits per heavy atom.